The lowest BCUT2D eigenvalue weighted by Gasteiger charge is -2.23. The lowest BCUT2D eigenvalue weighted by atomic mass is 10.1. The molecule has 0 aliphatic carbocycles. The number of pyridine rings is 1. The highest BCUT2D eigenvalue weighted by atomic mass is 16.2. The summed E-state index contributed by atoms with van der Waals surface area (Å²) in [6.07, 6.45) is 6.42. The Labute approximate surface area is 99.6 Å². The molecule has 5 nitrogen and oxygen atoms in total. The van der Waals surface area contributed by atoms with Gasteiger partial charge in [-0.3, -0.25) is 9.59 Å². The molecular formula is C12H17N3O2. The van der Waals surface area contributed by atoms with E-state index in [-0.39, 0.29) is 16.9 Å². The zero-order chi connectivity index (χ0) is 12.1. The average Bonchev–Trinajstić information content (AvgIpc) is 2.38. The van der Waals surface area contributed by atoms with Gasteiger partial charge in [0.25, 0.3) is 5.91 Å². The van der Waals surface area contributed by atoms with Crippen molar-refractivity contribution >= 4 is 5.91 Å². The minimum atomic E-state index is -0.306. The molecule has 0 radical (unpaired) electrons. The molecule has 0 bridgehead atoms. The van der Waals surface area contributed by atoms with Gasteiger partial charge in [-0.15, -0.1) is 0 Å². The van der Waals surface area contributed by atoms with Gasteiger partial charge >= 0.3 is 0 Å². The van der Waals surface area contributed by atoms with Crippen molar-refractivity contribution in [2.24, 2.45) is 0 Å². The smallest absolute Gasteiger partial charge is 0.256 e. The number of hydrogen-bond acceptors (Lipinski definition) is 3. The van der Waals surface area contributed by atoms with Gasteiger partial charge in [0, 0.05) is 31.0 Å². The normalized spacial score (nSPS) is 19.9. The first kappa shape index (κ1) is 11.9. The Morgan fingerprint density at radius 3 is 3.06 bits per heavy atom. The third kappa shape index (κ3) is 3.17. The molecule has 0 spiro atoms. The Bertz CT molecular complexity index is 435. The monoisotopic (exact) mass is 235 g/mol. The number of hydrogen-bond donors (Lipinski definition) is 3. The van der Waals surface area contributed by atoms with Crippen LogP contribution in [0.4, 0.5) is 0 Å². The summed E-state index contributed by atoms with van der Waals surface area (Å²) in [7, 11) is 0. The van der Waals surface area contributed by atoms with Gasteiger partial charge in [-0.05, 0) is 19.4 Å². The molecule has 0 saturated carbocycles. The second-order valence-electron chi connectivity index (χ2n) is 4.28. The third-order valence-electron chi connectivity index (χ3n) is 2.99. The average molecular weight is 235 g/mol. The molecule has 2 heterocycles. The van der Waals surface area contributed by atoms with E-state index in [2.05, 4.69) is 15.6 Å². The summed E-state index contributed by atoms with van der Waals surface area (Å²) in [5.41, 5.74) is -0.0823. The van der Waals surface area contributed by atoms with Gasteiger partial charge in [0.1, 0.15) is 5.56 Å². The zero-order valence-electron chi connectivity index (χ0n) is 9.66. The first-order chi connectivity index (χ1) is 8.27. The summed E-state index contributed by atoms with van der Waals surface area (Å²) in [4.78, 5) is 25.9. The highest BCUT2D eigenvalue weighted by molar-refractivity contribution is 5.93. The van der Waals surface area contributed by atoms with Crippen molar-refractivity contribution in [3.05, 3.63) is 34.2 Å². The SMILES string of the molecule is O=C(NCC1CCCCN1)c1c[nH]ccc1=O. The topological polar surface area (TPSA) is 74.0 Å². The molecule has 1 aliphatic heterocycles. The van der Waals surface area contributed by atoms with Crippen LogP contribution >= 0.6 is 0 Å². The molecule has 1 aliphatic rings. The molecule has 92 valence electrons. The molecule has 1 saturated heterocycles. The fourth-order valence-corrected chi connectivity index (χ4v) is 2.00. The molecule has 1 unspecified atom stereocenters. The number of nitrogens with one attached hydrogen (secondary N) is 3. The molecule has 1 aromatic heterocycles. The van der Waals surface area contributed by atoms with Crippen LogP contribution in [0.15, 0.2) is 23.3 Å². The molecular weight excluding hydrogens is 218 g/mol. The van der Waals surface area contributed by atoms with Crippen molar-refractivity contribution in [1.29, 1.82) is 0 Å². The summed E-state index contributed by atoms with van der Waals surface area (Å²) in [5, 5.41) is 6.13. The molecule has 17 heavy (non-hydrogen) atoms. The van der Waals surface area contributed by atoms with Crippen molar-refractivity contribution < 1.29 is 4.79 Å². The molecule has 5 heteroatoms. The van der Waals surface area contributed by atoms with Crippen LogP contribution in [-0.2, 0) is 0 Å². The highest BCUT2D eigenvalue weighted by Crippen LogP contribution is 2.05. The van der Waals surface area contributed by atoms with Gasteiger partial charge in [-0.2, -0.15) is 0 Å². The van der Waals surface area contributed by atoms with Crippen LogP contribution in [0.2, 0.25) is 0 Å². The Kier molecular flexibility index (Phi) is 3.93. The standard InChI is InChI=1S/C12H17N3O2/c16-11-4-6-13-8-10(11)12(17)15-7-9-3-1-2-5-14-9/h4,6,8-9,14H,1-3,5,7H2,(H,13,16)(H,15,17). The van der Waals surface area contributed by atoms with Gasteiger partial charge in [0.15, 0.2) is 5.43 Å². The van der Waals surface area contributed by atoms with Crippen LogP contribution in [-0.4, -0.2) is 30.0 Å². The second-order valence-corrected chi connectivity index (χ2v) is 4.28. The number of piperidine rings is 1. The maximum atomic E-state index is 11.7. The van der Waals surface area contributed by atoms with Gasteiger partial charge in [0.05, 0.1) is 0 Å². The lowest BCUT2D eigenvalue weighted by molar-refractivity contribution is 0.0946. The number of carbonyl (C=O) groups is 1. The van der Waals surface area contributed by atoms with E-state index in [0.717, 1.165) is 13.0 Å². The quantitative estimate of drug-likeness (QED) is 0.703. The van der Waals surface area contributed by atoms with E-state index < -0.39 is 0 Å². The lowest BCUT2D eigenvalue weighted by Crippen LogP contribution is -2.44. The van der Waals surface area contributed by atoms with Crippen LogP contribution in [0, 0.1) is 0 Å². The van der Waals surface area contributed by atoms with Crippen molar-refractivity contribution in [2.75, 3.05) is 13.1 Å². The Morgan fingerprint density at radius 2 is 2.35 bits per heavy atom. The maximum Gasteiger partial charge on any atom is 0.256 e. The Morgan fingerprint density at radius 1 is 1.47 bits per heavy atom. The van der Waals surface area contributed by atoms with Crippen LogP contribution in [0.25, 0.3) is 0 Å². The Balaban J connectivity index is 1.89. The fourth-order valence-electron chi connectivity index (χ4n) is 2.00. The fraction of sp³-hybridized carbons (Fsp3) is 0.500. The van der Waals surface area contributed by atoms with Gasteiger partial charge < -0.3 is 15.6 Å². The Hall–Kier alpha value is -1.62. The third-order valence-corrected chi connectivity index (χ3v) is 2.99. The molecule has 1 amide bonds. The first-order valence-corrected chi connectivity index (χ1v) is 5.96. The number of H-pyrrole nitrogens is 1. The van der Waals surface area contributed by atoms with Crippen LogP contribution in [0.1, 0.15) is 29.6 Å². The number of amides is 1. The van der Waals surface area contributed by atoms with E-state index in [9.17, 15) is 9.59 Å². The van der Waals surface area contributed by atoms with E-state index in [4.69, 9.17) is 0 Å². The largest absolute Gasteiger partial charge is 0.367 e. The summed E-state index contributed by atoms with van der Waals surface area (Å²) in [6, 6.07) is 1.68. The van der Waals surface area contributed by atoms with Crippen molar-refractivity contribution in [3.63, 3.8) is 0 Å². The number of carbonyl (C=O) groups excluding carboxylic acids is 1. The van der Waals surface area contributed by atoms with E-state index in [1.807, 2.05) is 0 Å². The molecule has 1 aromatic rings. The minimum Gasteiger partial charge on any atom is -0.367 e. The van der Waals surface area contributed by atoms with Crippen molar-refractivity contribution in [3.8, 4) is 0 Å². The molecule has 1 fully saturated rings. The first-order valence-electron chi connectivity index (χ1n) is 5.96. The van der Waals surface area contributed by atoms with Crippen molar-refractivity contribution in [2.45, 2.75) is 25.3 Å². The van der Waals surface area contributed by atoms with Gasteiger partial charge in [0.2, 0.25) is 0 Å². The summed E-state index contributed by atoms with van der Waals surface area (Å²) in [6.45, 7) is 1.58. The minimum absolute atomic E-state index is 0.170. The predicted octanol–water partition coefficient (Wildman–Crippen LogP) is 0.247. The summed E-state index contributed by atoms with van der Waals surface area (Å²) < 4.78 is 0. The number of aromatic nitrogens is 1. The van der Waals surface area contributed by atoms with Crippen LogP contribution in [0.5, 0.6) is 0 Å². The van der Waals surface area contributed by atoms with E-state index in [1.54, 1.807) is 0 Å². The molecule has 0 aromatic carbocycles. The van der Waals surface area contributed by atoms with Crippen LogP contribution in [0.3, 0.4) is 0 Å². The van der Waals surface area contributed by atoms with Gasteiger partial charge in [-0.25, -0.2) is 0 Å². The predicted molar refractivity (Wildman–Crippen MR) is 65.0 cm³/mol. The van der Waals surface area contributed by atoms with Crippen molar-refractivity contribution in [1.82, 2.24) is 15.6 Å². The molecule has 1 atom stereocenters. The van der Waals surface area contributed by atoms with Crippen LogP contribution < -0.4 is 16.1 Å². The summed E-state index contributed by atoms with van der Waals surface area (Å²) in [5.74, 6) is -0.306. The highest BCUT2D eigenvalue weighted by Gasteiger charge is 2.15. The second kappa shape index (κ2) is 5.63. The number of rotatable bonds is 3. The maximum absolute atomic E-state index is 11.7. The zero-order valence-corrected chi connectivity index (χ0v) is 9.66. The van der Waals surface area contributed by atoms with E-state index in [0.29, 0.717) is 12.6 Å². The summed E-state index contributed by atoms with van der Waals surface area (Å²) >= 11 is 0. The molecule has 2 rings (SSSR count). The number of aromatic amines is 1. The van der Waals surface area contributed by atoms with E-state index in [1.165, 1.54) is 31.3 Å². The van der Waals surface area contributed by atoms with E-state index >= 15 is 0 Å². The molecule has 3 N–H and O–H groups in total. The van der Waals surface area contributed by atoms with Gasteiger partial charge in [-0.1, -0.05) is 6.42 Å².